The smallest absolute Gasteiger partial charge is 0.321 e. The number of aliphatic imine (C=N–C) groups is 1. The van der Waals surface area contributed by atoms with Gasteiger partial charge >= 0.3 is 6.03 Å². The molecular formula is C34H40N8O4. The van der Waals surface area contributed by atoms with E-state index in [1.807, 2.05) is 60.7 Å². The molecule has 9 N–H and O–H groups in total. The van der Waals surface area contributed by atoms with Gasteiger partial charge in [-0.1, -0.05) is 78.9 Å². The topological polar surface area (TPSA) is 202 Å². The number of aryl methyl sites for hydroxylation is 1. The van der Waals surface area contributed by atoms with Crippen LogP contribution in [0.5, 0.6) is 0 Å². The highest BCUT2D eigenvalue weighted by molar-refractivity contribution is 5.99. The molecule has 3 aromatic carbocycles. The number of rotatable bonds is 15. The van der Waals surface area contributed by atoms with Crippen LogP contribution in [-0.4, -0.2) is 58.2 Å². The molecule has 5 amide bonds. The molecule has 2 unspecified atom stereocenters. The molecule has 0 aliphatic rings. The first-order chi connectivity index (χ1) is 22.2. The van der Waals surface area contributed by atoms with Gasteiger partial charge in [-0.05, 0) is 42.0 Å². The molecule has 0 spiro atoms. The van der Waals surface area contributed by atoms with Crippen LogP contribution in [-0.2, 0) is 33.8 Å². The molecule has 0 fully saturated rings. The maximum atomic E-state index is 14.0. The van der Waals surface area contributed by atoms with Crippen molar-refractivity contribution in [3.8, 4) is 0 Å². The molecule has 0 saturated carbocycles. The Morgan fingerprint density at radius 2 is 1.46 bits per heavy atom. The first-order valence-electron chi connectivity index (χ1n) is 15.1. The number of para-hydroxylation sites is 1. The largest absolute Gasteiger partial charge is 0.370 e. The second kappa shape index (κ2) is 16.4. The van der Waals surface area contributed by atoms with E-state index in [-0.39, 0.29) is 44.2 Å². The van der Waals surface area contributed by atoms with Crippen LogP contribution in [0, 0.1) is 0 Å². The van der Waals surface area contributed by atoms with Crippen LogP contribution in [0.2, 0.25) is 0 Å². The summed E-state index contributed by atoms with van der Waals surface area (Å²) in [7, 11) is 0. The van der Waals surface area contributed by atoms with Gasteiger partial charge in [0.15, 0.2) is 5.96 Å². The highest BCUT2D eigenvalue weighted by Gasteiger charge is 2.32. The molecule has 4 aromatic rings. The summed E-state index contributed by atoms with van der Waals surface area (Å²) < 4.78 is 0. The number of carbonyl (C=O) groups excluding carboxylic acids is 4. The molecule has 240 valence electrons. The summed E-state index contributed by atoms with van der Waals surface area (Å²) in [4.78, 5) is 61.5. The van der Waals surface area contributed by atoms with Crippen molar-refractivity contribution in [1.29, 1.82) is 0 Å². The number of nitrogens with zero attached hydrogens (tertiary/aromatic N) is 2. The third kappa shape index (κ3) is 9.68. The Bertz CT molecular complexity index is 1650. The van der Waals surface area contributed by atoms with E-state index in [2.05, 4.69) is 20.6 Å². The average molecular weight is 625 g/mol. The molecule has 0 bridgehead atoms. The van der Waals surface area contributed by atoms with E-state index in [0.717, 1.165) is 26.9 Å². The summed E-state index contributed by atoms with van der Waals surface area (Å²) in [6.07, 6.45) is 3.07. The fourth-order valence-electron chi connectivity index (χ4n) is 5.15. The van der Waals surface area contributed by atoms with Gasteiger partial charge in [0.25, 0.3) is 5.91 Å². The summed E-state index contributed by atoms with van der Waals surface area (Å²) in [5, 5.41) is 6.50. The molecule has 12 heteroatoms. The first kappa shape index (κ1) is 33.2. The Labute approximate surface area is 267 Å². The van der Waals surface area contributed by atoms with Gasteiger partial charge in [-0.25, -0.2) is 4.79 Å². The number of nitrogens with one attached hydrogen (secondary N) is 3. The number of amides is 5. The lowest BCUT2D eigenvalue weighted by Crippen LogP contribution is -2.56. The summed E-state index contributed by atoms with van der Waals surface area (Å²) in [5.74, 6) is -1.67. The number of carbonyl (C=O) groups is 4. The second-order valence-corrected chi connectivity index (χ2v) is 10.9. The molecule has 46 heavy (non-hydrogen) atoms. The fraction of sp³-hybridized carbons (Fsp3) is 0.265. The number of benzene rings is 3. The van der Waals surface area contributed by atoms with Crippen LogP contribution in [0.25, 0.3) is 10.9 Å². The number of aromatic amines is 1. The highest BCUT2D eigenvalue weighted by atomic mass is 16.2. The number of guanidine groups is 1. The van der Waals surface area contributed by atoms with Gasteiger partial charge in [0.05, 0.1) is 6.54 Å². The van der Waals surface area contributed by atoms with Gasteiger partial charge in [0.2, 0.25) is 11.8 Å². The van der Waals surface area contributed by atoms with Crippen molar-refractivity contribution >= 4 is 40.6 Å². The minimum absolute atomic E-state index is 0.0653. The zero-order valence-corrected chi connectivity index (χ0v) is 25.5. The number of imide groups is 1. The third-order valence-electron chi connectivity index (χ3n) is 7.51. The van der Waals surface area contributed by atoms with Crippen molar-refractivity contribution in [3.63, 3.8) is 0 Å². The van der Waals surface area contributed by atoms with Crippen molar-refractivity contribution in [3.05, 3.63) is 108 Å². The number of hydrogen-bond donors (Lipinski definition) is 6. The van der Waals surface area contributed by atoms with Crippen LogP contribution in [0.4, 0.5) is 4.79 Å². The average Bonchev–Trinajstić information content (AvgIpc) is 3.46. The van der Waals surface area contributed by atoms with E-state index in [1.165, 1.54) is 0 Å². The summed E-state index contributed by atoms with van der Waals surface area (Å²) in [6.45, 7) is 0.170. The van der Waals surface area contributed by atoms with Crippen LogP contribution in [0.1, 0.15) is 36.0 Å². The van der Waals surface area contributed by atoms with Gasteiger partial charge in [-0.2, -0.15) is 0 Å². The number of H-pyrrole nitrogens is 1. The van der Waals surface area contributed by atoms with Crippen molar-refractivity contribution < 1.29 is 19.2 Å². The van der Waals surface area contributed by atoms with Crippen molar-refractivity contribution in [2.75, 3.05) is 6.54 Å². The van der Waals surface area contributed by atoms with Crippen molar-refractivity contribution in [1.82, 2.24) is 20.5 Å². The quantitative estimate of drug-likeness (QED) is 0.0666. The van der Waals surface area contributed by atoms with Gasteiger partial charge in [-0.15, -0.1) is 0 Å². The monoisotopic (exact) mass is 624 g/mol. The zero-order valence-electron chi connectivity index (χ0n) is 25.5. The lowest BCUT2D eigenvalue weighted by atomic mass is 10.0. The van der Waals surface area contributed by atoms with E-state index in [0.29, 0.717) is 18.4 Å². The second-order valence-electron chi connectivity index (χ2n) is 10.9. The molecule has 0 aliphatic heterocycles. The number of fused-ring (bicyclic) bond motifs is 1. The van der Waals surface area contributed by atoms with Crippen LogP contribution < -0.4 is 27.8 Å². The Morgan fingerprint density at radius 1 is 0.804 bits per heavy atom. The number of aromatic nitrogens is 1. The third-order valence-corrected chi connectivity index (χ3v) is 7.51. The van der Waals surface area contributed by atoms with Gasteiger partial charge in [0.1, 0.15) is 12.1 Å². The molecule has 4 rings (SSSR count). The van der Waals surface area contributed by atoms with Crippen LogP contribution >= 0.6 is 0 Å². The van der Waals surface area contributed by atoms with Crippen LogP contribution in [0.15, 0.2) is 96.1 Å². The minimum Gasteiger partial charge on any atom is -0.370 e. The van der Waals surface area contributed by atoms with E-state index in [4.69, 9.17) is 17.2 Å². The first-order valence-corrected chi connectivity index (χ1v) is 15.1. The normalized spacial score (nSPS) is 12.1. The van der Waals surface area contributed by atoms with E-state index >= 15 is 0 Å². The van der Waals surface area contributed by atoms with Gasteiger partial charge < -0.3 is 32.8 Å². The zero-order chi connectivity index (χ0) is 32.9. The molecule has 0 aliphatic carbocycles. The van der Waals surface area contributed by atoms with Crippen LogP contribution in [0.3, 0.4) is 0 Å². The van der Waals surface area contributed by atoms with Gasteiger partial charge in [-0.3, -0.25) is 24.3 Å². The molecular weight excluding hydrogens is 584 g/mol. The Kier molecular flexibility index (Phi) is 11.9. The summed E-state index contributed by atoms with van der Waals surface area (Å²) >= 11 is 0. The SMILES string of the molecule is NC(=O)N(Cc1ccccc1)C(=O)C(Cc1c[nH]c2ccccc12)NC(=O)C(CCCN=C(N)N)NC(=O)CCc1ccccc1. The molecule has 1 heterocycles. The maximum absolute atomic E-state index is 14.0. The number of nitrogens with two attached hydrogens (primary N) is 3. The molecule has 0 saturated heterocycles. The fourth-order valence-corrected chi connectivity index (χ4v) is 5.15. The molecule has 1 aromatic heterocycles. The van der Waals surface area contributed by atoms with E-state index < -0.39 is 29.9 Å². The summed E-state index contributed by atoms with van der Waals surface area (Å²) in [5.41, 5.74) is 19.9. The predicted molar refractivity (Wildman–Crippen MR) is 177 cm³/mol. The lowest BCUT2D eigenvalue weighted by molar-refractivity contribution is -0.135. The standard InChI is InChI=1S/C34H40N8O4/c35-33(36)38-19-9-16-28(40-30(43)18-17-23-10-3-1-4-11-23)31(44)41-29(20-25-21-39-27-15-8-7-14-26(25)27)32(45)42(34(37)46)22-24-12-5-2-6-13-24/h1-8,10-15,21,28-29,39H,9,16-20,22H2,(H2,37,46)(H,40,43)(H,41,44)(H4,35,36,38). The Balaban J connectivity index is 1.57. The van der Waals surface area contributed by atoms with Gasteiger partial charge in [0, 0.05) is 36.5 Å². The number of primary amides is 1. The number of hydrogen-bond acceptors (Lipinski definition) is 5. The Hall–Kier alpha value is -5.65. The van der Waals surface area contributed by atoms with Crippen molar-refractivity contribution in [2.45, 2.75) is 50.7 Å². The predicted octanol–water partition coefficient (Wildman–Crippen LogP) is 2.47. The lowest BCUT2D eigenvalue weighted by Gasteiger charge is -2.27. The van der Waals surface area contributed by atoms with E-state index in [1.54, 1.807) is 30.5 Å². The van der Waals surface area contributed by atoms with Crippen molar-refractivity contribution in [2.24, 2.45) is 22.2 Å². The molecule has 0 radical (unpaired) electrons. The maximum Gasteiger partial charge on any atom is 0.321 e. The molecule has 12 nitrogen and oxygen atoms in total. The van der Waals surface area contributed by atoms with E-state index in [9.17, 15) is 19.2 Å². The summed E-state index contributed by atoms with van der Waals surface area (Å²) in [6, 6.07) is 22.9. The number of urea groups is 1. The highest BCUT2D eigenvalue weighted by Crippen LogP contribution is 2.20. The Morgan fingerprint density at radius 3 is 2.13 bits per heavy atom. The minimum atomic E-state index is -1.18. The molecule has 2 atom stereocenters.